The Bertz CT molecular complexity index is 1050. The van der Waals surface area contributed by atoms with Gasteiger partial charge in [-0.3, -0.25) is 4.79 Å². The zero-order chi connectivity index (χ0) is 21.6. The van der Waals surface area contributed by atoms with Gasteiger partial charge in [0.05, 0.1) is 25.2 Å². The van der Waals surface area contributed by atoms with Gasteiger partial charge in [-0.2, -0.15) is 0 Å². The number of methoxy groups -OCH3 is 1. The Labute approximate surface area is 184 Å². The van der Waals surface area contributed by atoms with Crippen molar-refractivity contribution in [3.63, 3.8) is 0 Å². The lowest BCUT2D eigenvalue weighted by molar-refractivity contribution is -0.113. The van der Waals surface area contributed by atoms with Gasteiger partial charge in [-0.1, -0.05) is 23.9 Å². The Balaban J connectivity index is 1.39. The number of thioether (sulfide) groups is 1. The van der Waals surface area contributed by atoms with Crippen LogP contribution in [0, 0.1) is 0 Å². The number of hydrogen-bond donors (Lipinski definition) is 2. The van der Waals surface area contributed by atoms with Gasteiger partial charge in [0.15, 0.2) is 16.7 Å². The molecule has 3 aromatic rings. The highest BCUT2D eigenvalue weighted by Crippen LogP contribution is 2.32. The number of nitrogens with one attached hydrogen (secondary N) is 1. The number of amides is 1. The maximum atomic E-state index is 12.5. The van der Waals surface area contributed by atoms with Gasteiger partial charge < -0.3 is 29.2 Å². The van der Waals surface area contributed by atoms with E-state index in [0.29, 0.717) is 47.8 Å². The third-order valence-corrected chi connectivity index (χ3v) is 5.61. The van der Waals surface area contributed by atoms with Crippen LogP contribution in [0.4, 0.5) is 5.69 Å². The molecule has 1 aromatic heterocycles. The van der Waals surface area contributed by atoms with Crippen molar-refractivity contribution >= 4 is 23.4 Å². The van der Waals surface area contributed by atoms with Crippen LogP contribution in [-0.2, 0) is 17.9 Å². The zero-order valence-electron chi connectivity index (χ0n) is 17.0. The van der Waals surface area contributed by atoms with Crippen molar-refractivity contribution in [1.29, 1.82) is 0 Å². The van der Waals surface area contributed by atoms with Crippen molar-refractivity contribution in [2.75, 3.05) is 31.4 Å². The average molecular weight is 442 g/mol. The van der Waals surface area contributed by atoms with E-state index in [9.17, 15) is 9.90 Å². The molecule has 2 N–H and O–H groups in total. The number of carbonyl (C=O) groups is 1. The van der Waals surface area contributed by atoms with Crippen LogP contribution in [-0.4, -0.2) is 46.6 Å². The lowest BCUT2D eigenvalue weighted by Crippen LogP contribution is -2.17. The first-order valence-corrected chi connectivity index (χ1v) is 10.8. The molecule has 0 saturated carbocycles. The van der Waals surface area contributed by atoms with E-state index >= 15 is 0 Å². The monoisotopic (exact) mass is 441 g/mol. The van der Waals surface area contributed by atoms with Gasteiger partial charge in [-0.25, -0.2) is 4.98 Å². The number of fused-ring (bicyclic) bond motifs is 1. The molecule has 1 aliphatic rings. The first kappa shape index (κ1) is 21.1. The molecule has 162 valence electrons. The minimum absolute atomic E-state index is 0.160. The number of carbonyl (C=O) groups excluding carboxylic acids is 1. The first-order valence-electron chi connectivity index (χ1n) is 9.77. The molecule has 1 aliphatic heterocycles. The normalized spacial score (nSPS) is 12.5. The topological polar surface area (TPSA) is 94.8 Å². The van der Waals surface area contributed by atoms with Crippen LogP contribution in [0.2, 0.25) is 0 Å². The van der Waals surface area contributed by atoms with E-state index in [4.69, 9.17) is 14.2 Å². The standard InChI is InChI=1S/C22H23N3O5S/c1-28-18-5-2-15(3-6-18)11-25-12-17(13-26)24-22(25)31-14-21(27)23-16-4-7-19-20(10-16)30-9-8-29-19/h2-7,10,12,26H,8-9,11,13-14H2,1H3,(H,23,27). The SMILES string of the molecule is COc1ccc(Cn2cc(CO)nc2SCC(=O)Nc2ccc3c(c2)OCCO3)cc1. The van der Waals surface area contributed by atoms with Gasteiger partial charge in [0.25, 0.3) is 0 Å². The Hall–Kier alpha value is -3.17. The molecule has 8 nitrogen and oxygen atoms in total. The number of ether oxygens (including phenoxy) is 3. The van der Waals surface area contributed by atoms with Gasteiger partial charge in [-0.15, -0.1) is 0 Å². The second kappa shape index (κ2) is 9.76. The van der Waals surface area contributed by atoms with Crippen LogP contribution in [0.25, 0.3) is 0 Å². The summed E-state index contributed by atoms with van der Waals surface area (Å²) in [5.74, 6) is 2.11. The van der Waals surface area contributed by atoms with E-state index < -0.39 is 0 Å². The van der Waals surface area contributed by atoms with Crippen LogP contribution in [0.5, 0.6) is 17.2 Å². The lowest BCUT2D eigenvalue weighted by Gasteiger charge is -2.19. The summed E-state index contributed by atoms with van der Waals surface area (Å²) in [6.07, 6.45) is 1.80. The molecule has 2 aromatic carbocycles. The number of imidazole rings is 1. The summed E-state index contributed by atoms with van der Waals surface area (Å²) in [4.78, 5) is 16.9. The van der Waals surface area contributed by atoms with Crippen LogP contribution in [0.1, 0.15) is 11.3 Å². The van der Waals surface area contributed by atoms with Crippen molar-refractivity contribution in [3.8, 4) is 17.2 Å². The highest BCUT2D eigenvalue weighted by molar-refractivity contribution is 7.99. The van der Waals surface area contributed by atoms with E-state index in [2.05, 4.69) is 10.3 Å². The Morgan fingerprint density at radius 3 is 2.71 bits per heavy atom. The maximum absolute atomic E-state index is 12.5. The lowest BCUT2D eigenvalue weighted by atomic mass is 10.2. The number of aliphatic hydroxyl groups is 1. The fourth-order valence-corrected chi connectivity index (χ4v) is 3.93. The molecule has 0 saturated heterocycles. The second-order valence-electron chi connectivity index (χ2n) is 6.84. The van der Waals surface area contributed by atoms with Crippen molar-refractivity contribution in [2.45, 2.75) is 18.3 Å². The van der Waals surface area contributed by atoms with E-state index in [1.165, 1.54) is 11.8 Å². The highest BCUT2D eigenvalue weighted by Gasteiger charge is 2.14. The molecule has 0 bridgehead atoms. The molecule has 0 spiro atoms. The summed E-state index contributed by atoms with van der Waals surface area (Å²) >= 11 is 1.31. The number of rotatable bonds is 8. The molecule has 0 aliphatic carbocycles. The number of aliphatic hydroxyl groups excluding tert-OH is 1. The minimum atomic E-state index is -0.161. The molecule has 0 unspecified atom stereocenters. The van der Waals surface area contributed by atoms with Gasteiger partial charge in [0.1, 0.15) is 19.0 Å². The van der Waals surface area contributed by atoms with Gasteiger partial charge >= 0.3 is 0 Å². The Kier molecular flexibility index (Phi) is 6.63. The van der Waals surface area contributed by atoms with Crippen molar-refractivity contribution in [3.05, 3.63) is 59.9 Å². The number of aromatic nitrogens is 2. The summed E-state index contributed by atoms with van der Waals surface area (Å²) in [5, 5.41) is 13.0. The van der Waals surface area contributed by atoms with E-state index in [1.54, 1.807) is 31.5 Å². The highest BCUT2D eigenvalue weighted by atomic mass is 32.2. The molecule has 2 heterocycles. The molecule has 1 amide bonds. The Morgan fingerprint density at radius 1 is 1.19 bits per heavy atom. The molecule has 4 rings (SSSR count). The number of hydrogen-bond acceptors (Lipinski definition) is 7. The minimum Gasteiger partial charge on any atom is -0.497 e. The van der Waals surface area contributed by atoms with Crippen molar-refractivity contribution < 1.29 is 24.1 Å². The summed E-state index contributed by atoms with van der Waals surface area (Å²) in [6, 6.07) is 13.1. The average Bonchev–Trinajstić information content (AvgIpc) is 3.20. The van der Waals surface area contributed by atoms with E-state index in [0.717, 1.165) is 11.3 Å². The van der Waals surface area contributed by atoms with Crippen LogP contribution < -0.4 is 19.5 Å². The summed E-state index contributed by atoms with van der Waals surface area (Å²) in [6.45, 7) is 1.42. The molecular formula is C22H23N3O5S. The third kappa shape index (κ3) is 5.31. The second-order valence-corrected chi connectivity index (χ2v) is 7.79. The molecule has 0 fully saturated rings. The van der Waals surface area contributed by atoms with Gasteiger partial charge in [0, 0.05) is 24.5 Å². The third-order valence-electron chi connectivity index (χ3n) is 4.62. The fourth-order valence-electron chi connectivity index (χ4n) is 3.13. The predicted octanol–water partition coefficient (Wildman–Crippen LogP) is 2.93. The Morgan fingerprint density at radius 2 is 1.97 bits per heavy atom. The predicted molar refractivity (Wildman–Crippen MR) is 117 cm³/mol. The summed E-state index contributed by atoms with van der Waals surface area (Å²) < 4.78 is 18.2. The first-order chi connectivity index (χ1) is 15.1. The van der Waals surface area contributed by atoms with Crippen LogP contribution >= 0.6 is 11.8 Å². The molecule has 0 radical (unpaired) electrons. The number of nitrogens with zero attached hydrogens (tertiary/aromatic N) is 2. The molecular weight excluding hydrogens is 418 g/mol. The van der Waals surface area contributed by atoms with Crippen molar-refractivity contribution in [1.82, 2.24) is 9.55 Å². The van der Waals surface area contributed by atoms with E-state index in [-0.39, 0.29) is 18.3 Å². The molecule has 31 heavy (non-hydrogen) atoms. The molecule has 0 atom stereocenters. The smallest absolute Gasteiger partial charge is 0.234 e. The van der Waals surface area contributed by atoms with Crippen LogP contribution in [0.3, 0.4) is 0 Å². The van der Waals surface area contributed by atoms with Gasteiger partial charge in [-0.05, 0) is 29.8 Å². The van der Waals surface area contributed by atoms with Gasteiger partial charge in [0.2, 0.25) is 5.91 Å². The maximum Gasteiger partial charge on any atom is 0.234 e. The number of benzene rings is 2. The number of anilines is 1. The summed E-state index contributed by atoms with van der Waals surface area (Å²) in [7, 11) is 1.63. The largest absolute Gasteiger partial charge is 0.497 e. The summed E-state index contributed by atoms with van der Waals surface area (Å²) in [5.41, 5.74) is 2.26. The zero-order valence-corrected chi connectivity index (χ0v) is 17.9. The van der Waals surface area contributed by atoms with E-state index in [1.807, 2.05) is 28.8 Å². The van der Waals surface area contributed by atoms with Crippen molar-refractivity contribution in [2.24, 2.45) is 0 Å². The van der Waals surface area contributed by atoms with Crippen LogP contribution in [0.15, 0.2) is 53.8 Å². The quantitative estimate of drug-likeness (QED) is 0.519. The molecule has 9 heteroatoms. The fraction of sp³-hybridized carbons (Fsp3) is 0.273.